The Morgan fingerprint density at radius 3 is 2.55 bits per heavy atom. The van der Waals surface area contributed by atoms with Crippen LogP contribution in [-0.2, 0) is 9.63 Å². The van der Waals surface area contributed by atoms with E-state index in [4.69, 9.17) is 5.90 Å². The van der Waals surface area contributed by atoms with Crippen LogP contribution in [0.4, 0.5) is 0 Å². The third-order valence-electron chi connectivity index (χ3n) is 1.51. The molecule has 11 heavy (non-hydrogen) atoms. The summed E-state index contributed by atoms with van der Waals surface area (Å²) in [5, 5.41) is 0. The van der Waals surface area contributed by atoms with Crippen molar-refractivity contribution in [2.45, 2.75) is 33.1 Å². The van der Waals surface area contributed by atoms with Gasteiger partial charge in [-0.25, -0.2) is 0 Å². The Labute approximate surface area is 73.7 Å². The van der Waals surface area contributed by atoms with Crippen LogP contribution in [0.25, 0.3) is 0 Å². The Morgan fingerprint density at radius 2 is 2.18 bits per heavy atom. The van der Waals surface area contributed by atoms with E-state index in [2.05, 4.69) is 11.8 Å². The largest absolute Gasteiger partial charge is 0.373 e. The molecule has 2 N–H and O–H groups in total. The van der Waals surface area contributed by atoms with Crippen molar-refractivity contribution in [2.75, 3.05) is 0 Å². The molecule has 0 spiro atoms. The van der Waals surface area contributed by atoms with Gasteiger partial charge in [-0.15, -0.1) is 12.4 Å². The molecular formula is C7H16ClNO2. The Bertz CT molecular complexity index is 109. The van der Waals surface area contributed by atoms with Gasteiger partial charge in [0.25, 0.3) is 0 Å². The highest BCUT2D eigenvalue weighted by molar-refractivity contribution is 5.85. The number of carbonyl (C=O) groups is 1. The molecule has 0 amide bonds. The molecule has 0 aromatic heterocycles. The normalized spacial score (nSPS) is 11.5. The van der Waals surface area contributed by atoms with E-state index in [1.165, 1.54) is 0 Å². The molecule has 68 valence electrons. The van der Waals surface area contributed by atoms with E-state index < -0.39 is 0 Å². The van der Waals surface area contributed by atoms with Crippen molar-refractivity contribution in [3.05, 3.63) is 0 Å². The summed E-state index contributed by atoms with van der Waals surface area (Å²) in [6.07, 6.45) is 3.02. The maximum atomic E-state index is 10.7. The van der Waals surface area contributed by atoms with Gasteiger partial charge in [0.05, 0.1) is 5.92 Å². The van der Waals surface area contributed by atoms with E-state index in [-0.39, 0.29) is 24.3 Å². The number of unbranched alkanes of at least 4 members (excludes halogenated alkanes) is 1. The molecule has 0 heterocycles. The molecule has 0 bridgehead atoms. The first-order valence-corrected chi connectivity index (χ1v) is 3.63. The number of halogens is 1. The molecule has 1 unspecified atom stereocenters. The second-order valence-corrected chi connectivity index (χ2v) is 2.48. The summed E-state index contributed by atoms with van der Waals surface area (Å²) < 4.78 is 0. The number of rotatable bonds is 4. The Kier molecular flexibility index (Phi) is 9.47. The summed E-state index contributed by atoms with van der Waals surface area (Å²) in [6.45, 7) is 3.91. The smallest absolute Gasteiger partial charge is 0.327 e. The fourth-order valence-corrected chi connectivity index (χ4v) is 0.744. The fraction of sp³-hybridized carbons (Fsp3) is 0.857. The Balaban J connectivity index is 0. The van der Waals surface area contributed by atoms with Gasteiger partial charge in [0.2, 0.25) is 0 Å². The molecule has 0 radical (unpaired) electrons. The lowest BCUT2D eigenvalue weighted by Crippen LogP contribution is -2.18. The van der Waals surface area contributed by atoms with Crippen molar-refractivity contribution < 1.29 is 9.63 Å². The highest BCUT2D eigenvalue weighted by atomic mass is 35.5. The molecule has 0 aromatic carbocycles. The molecule has 1 atom stereocenters. The summed E-state index contributed by atoms with van der Waals surface area (Å²) >= 11 is 0. The number of hydrogen-bond donors (Lipinski definition) is 1. The lowest BCUT2D eigenvalue weighted by atomic mass is 10.1. The van der Waals surface area contributed by atoms with Gasteiger partial charge >= 0.3 is 5.97 Å². The van der Waals surface area contributed by atoms with E-state index in [0.717, 1.165) is 19.3 Å². The van der Waals surface area contributed by atoms with Gasteiger partial charge in [-0.2, -0.15) is 5.90 Å². The summed E-state index contributed by atoms with van der Waals surface area (Å²) in [5.41, 5.74) is 0. The van der Waals surface area contributed by atoms with Crippen LogP contribution < -0.4 is 5.90 Å². The third-order valence-corrected chi connectivity index (χ3v) is 1.51. The lowest BCUT2D eigenvalue weighted by Gasteiger charge is -2.05. The predicted molar refractivity (Wildman–Crippen MR) is 46.2 cm³/mol. The van der Waals surface area contributed by atoms with Crippen LogP contribution in [0.2, 0.25) is 0 Å². The molecule has 0 aliphatic rings. The van der Waals surface area contributed by atoms with Crippen molar-refractivity contribution in [1.82, 2.24) is 0 Å². The first-order chi connectivity index (χ1) is 4.72. The van der Waals surface area contributed by atoms with E-state index >= 15 is 0 Å². The molecule has 4 heteroatoms. The molecule has 0 aliphatic carbocycles. The van der Waals surface area contributed by atoms with Gasteiger partial charge in [-0.3, -0.25) is 4.79 Å². The minimum atomic E-state index is -0.312. The molecular weight excluding hydrogens is 166 g/mol. The minimum Gasteiger partial charge on any atom is -0.373 e. The van der Waals surface area contributed by atoms with Crippen LogP contribution >= 0.6 is 12.4 Å². The predicted octanol–water partition coefficient (Wildman–Crippen LogP) is 1.65. The average molecular weight is 182 g/mol. The zero-order valence-electron chi connectivity index (χ0n) is 7.00. The topological polar surface area (TPSA) is 52.3 Å². The summed E-state index contributed by atoms with van der Waals surface area (Å²) in [4.78, 5) is 14.7. The van der Waals surface area contributed by atoms with Crippen molar-refractivity contribution in [1.29, 1.82) is 0 Å². The molecule has 0 fully saturated rings. The first-order valence-electron chi connectivity index (χ1n) is 3.63. The van der Waals surface area contributed by atoms with Crippen LogP contribution in [0, 0.1) is 5.92 Å². The molecule has 0 saturated heterocycles. The van der Waals surface area contributed by atoms with Crippen LogP contribution in [0.1, 0.15) is 33.1 Å². The maximum absolute atomic E-state index is 10.7. The number of hydrogen-bond acceptors (Lipinski definition) is 3. The first kappa shape index (κ1) is 13.3. The van der Waals surface area contributed by atoms with Crippen molar-refractivity contribution in [3.8, 4) is 0 Å². The third kappa shape index (κ3) is 6.13. The Morgan fingerprint density at radius 1 is 1.64 bits per heavy atom. The molecule has 0 aliphatic heterocycles. The maximum Gasteiger partial charge on any atom is 0.327 e. The average Bonchev–Trinajstić information content (AvgIpc) is 1.98. The monoisotopic (exact) mass is 181 g/mol. The second-order valence-electron chi connectivity index (χ2n) is 2.48. The van der Waals surface area contributed by atoms with Gasteiger partial charge in [0.15, 0.2) is 0 Å². The Hall–Kier alpha value is -0.280. The highest BCUT2D eigenvalue weighted by Gasteiger charge is 2.11. The van der Waals surface area contributed by atoms with E-state index in [1.807, 2.05) is 6.92 Å². The fourth-order valence-electron chi connectivity index (χ4n) is 0.744. The van der Waals surface area contributed by atoms with Gasteiger partial charge in [-0.1, -0.05) is 26.7 Å². The molecule has 0 rings (SSSR count). The standard InChI is InChI=1S/C7H15NO2.ClH/c1-3-4-5-6(2)7(9)10-8;/h6H,3-5,8H2,1-2H3;1H. The lowest BCUT2D eigenvalue weighted by molar-refractivity contribution is -0.148. The summed E-state index contributed by atoms with van der Waals surface area (Å²) in [6, 6.07) is 0. The van der Waals surface area contributed by atoms with Gasteiger partial charge < -0.3 is 4.84 Å². The van der Waals surface area contributed by atoms with E-state index in [9.17, 15) is 4.79 Å². The highest BCUT2D eigenvalue weighted by Crippen LogP contribution is 2.07. The van der Waals surface area contributed by atoms with Crippen LogP contribution in [0.15, 0.2) is 0 Å². The van der Waals surface area contributed by atoms with Crippen LogP contribution in [0.5, 0.6) is 0 Å². The van der Waals surface area contributed by atoms with Crippen LogP contribution in [0.3, 0.4) is 0 Å². The van der Waals surface area contributed by atoms with Crippen LogP contribution in [-0.4, -0.2) is 5.97 Å². The molecule has 0 saturated carbocycles. The summed E-state index contributed by atoms with van der Waals surface area (Å²) in [7, 11) is 0. The van der Waals surface area contributed by atoms with Crippen molar-refractivity contribution in [2.24, 2.45) is 11.8 Å². The number of nitrogens with two attached hydrogens (primary N) is 1. The van der Waals surface area contributed by atoms with Gasteiger partial charge in [0.1, 0.15) is 0 Å². The van der Waals surface area contributed by atoms with E-state index in [1.54, 1.807) is 0 Å². The summed E-state index contributed by atoms with van der Waals surface area (Å²) in [5.74, 6) is 4.33. The minimum absolute atomic E-state index is 0. The number of carbonyl (C=O) groups excluding carboxylic acids is 1. The van der Waals surface area contributed by atoms with Crippen molar-refractivity contribution >= 4 is 18.4 Å². The zero-order chi connectivity index (χ0) is 7.98. The SMILES string of the molecule is CCCCC(C)C(=O)ON.Cl. The zero-order valence-corrected chi connectivity index (χ0v) is 7.82. The van der Waals surface area contributed by atoms with E-state index in [0.29, 0.717) is 0 Å². The quantitative estimate of drug-likeness (QED) is 0.671. The van der Waals surface area contributed by atoms with Crippen molar-refractivity contribution in [3.63, 3.8) is 0 Å². The van der Waals surface area contributed by atoms with Gasteiger partial charge in [0, 0.05) is 0 Å². The molecule has 3 nitrogen and oxygen atoms in total. The molecule has 0 aromatic rings. The second kappa shape index (κ2) is 7.82. The van der Waals surface area contributed by atoms with Gasteiger partial charge in [-0.05, 0) is 6.42 Å².